The molecule has 0 amide bonds. The third kappa shape index (κ3) is 2.73. The van der Waals surface area contributed by atoms with Crippen LogP contribution in [0.1, 0.15) is 29.7 Å². The molecule has 2 unspecified atom stereocenters. The van der Waals surface area contributed by atoms with E-state index in [2.05, 4.69) is 55.6 Å². The van der Waals surface area contributed by atoms with Crippen LogP contribution in [0.5, 0.6) is 0 Å². The van der Waals surface area contributed by atoms with Gasteiger partial charge in [0.15, 0.2) is 0 Å². The Morgan fingerprint density at radius 2 is 2.22 bits per heavy atom. The molecule has 1 aliphatic heterocycles. The molecule has 1 aromatic rings. The van der Waals surface area contributed by atoms with Crippen molar-refractivity contribution in [1.82, 2.24) is 4.90 Å². The molecule has 1 heterocycles. The Bertz CT molecular complexity index is 405. The van der Waals surface area contributed by atoms with Gasteiger partial charge in [-0.15, -0.1) is 0 Å². The lowest BCUT2D eigenvalue weighted by Crippen LogP contribution is -2.45. The topological polar surface area (TPSA) is 29.3 Å². The minimum Gasteiger partial charge on any atom is -0.329 e. The summed E-state index contributed by atoms with van der Waals surface area (Å²) in [5.74, 6) is 2.45. The third-order valence-corrected chi connectivity index (χ3v) is 5.24. The number of hydrogen-bond donors (Lipinski definition) is 1. The van der Waals surface area contributed by atoms with Crippen molar-refractivity contribution in [3.8, 4) is 0 Å². The molecule has 2 N–H and O–H groups in total. The van der Waals surface area contributed by atoms with Crippen molar-refractivity contribution in [3.63, 3.8) is 0 Å². The number of hydrogen-bond acceptors (Lipinski definition) is 3. The van der Waals surface area contributed by atoms with Gasteiger partial charge in [0.1, 0.15) is 0 Å². The summed E-state index contributed by atoms with van der Waals surface area (Å²) in [6, 6.07) is 7.58. The predicted molar refractivity (Wildman–Crippen MR) is 81.2 cm³/mol. The van der Waals surface area contributed by atoms with Gasteiger partial charge in [0.05, 0.1) is 0 Å². The fourth-order valence-corrected chi connectivity index (χ4v) is 3.82. The highest BCUT2D eigenvalue weighted by atomic mass is 32.2. The van der Waals surface area contributed by atoms with Crippen molar-refractivity contribution in [2.45, 2.75) is 32.9 Å². The molecule has 0 bridgehead atoms. The second kappa shape index (κ2) is 6.09. The van der Waals surface area contributed by atoms with E-state index in [1.165, 1.54) is 28.2 Å². The Hall–Kier alpha value is -0.510. The number of benzene rings is 1. The van der Waals surface area contributed by atoms with Crippen LogP contribution < -0.4 is 5.73 Å². The lowest BCUT2D eigenvalue weighted by Gasteiger charge is -2.39. The summed E-state index contributed by atoms with van der Waals surface area (Å²) < 4.78 is 0. The van der Waals surface area contributed by atoms with Crippen LogP contribution in [0.15, 0.2) is 18.2 Å². The van der Waals surface area contributed by atoms with Crippen molar-refractivity contribution in [2.75, 3.05) is 24.6 Å². The van der Waals surface area contributed by atoms with E-state index in [1.807, 2.05) is 0 Å². The molecular formula is C15H24N2S. The van der Waals surface area contributed by atoms with Crippen molar-refractivity contribution in [3.05, 3.63) is 34.9 Å². The molecule has 0 aromatic heterocycles. The normalized spacial score (nSPS) is 23.0. The zero-order valence-electron chi connectivity index (χ0n) is 11.6. The number of nitrogens with zero attached hydrogens (tertiary/aromatic N) is 1. The molecule has 18 heavy (non-hydrogen) atoms. The van der Waals surface area contributed by atoms with Gasteiger partial charge in [-0.05, 0) is 37.5 Å². The number of aryl methyl sites for hydroxylation is 1. The van der Waals surface area contributed by atoms with Crippen molar-refractivity contribution in [2.24, 2.45) is 5.73 Å². The van der Waals surface area contributed by atoms with Crippen molar-refractivity contribution >= 4 is 11.8 Å². The first-order valence-corrected chi connectivity index (χ1v) is 7.90. The second-order valence-corrected chi connectivity index (χ2v) is 6.35. The maximum absolute atomic E-state index is 6.07. The summed E-state index contributed by atoms with van der Waals surface area (Å²) in [4.78, 5) is 2.58. The molecule has 0 saturated carbocycles. The molecule has 0 spiro atoms. The molecule has 1 saturated heterocycles. The second-order valence-electron chi connectivity index (χ2n) is 5.20. The van der Waals surface area contributed by atoms with Gasteiger partial charge in [0, 0.05) is 36.7 Å². The highest BCUT2D eigenvalue weighted by molar-refractivity contribution is 7.99. The van der Waals surface area contributed by atoms with Crippen LogP contribution in [0.2, 0.25) is 0 Å². The maximum atomic E-state index is 6.07. The van der Waals surface area contributed by atoms with E-state index in [0.717, 1.165) is 6.54 Å². The van der Waals surface area contributed by atoms with Crippen molar-refractivity contribution in [1.29, 1.82) is 0 Å². The lowest BCUT2D eigenvalue weighted by molar-refractivity contribution is 0.165. The standard InChI is InChI=1S/C15H24N2S/c1-11-5-4-6-14(13(11)3)15(9-16)17-7-8-18-10-12(17)2/h4-6,12,15H,7-10,16H2,1-3H3. The van der Waals surface area contributed by atoms with Gasteiger partial charge >= 0.3 is 0 Å². The van der Waals surface area contributed by atoms with E-state index < -0.39 is 0 Å². The Kier molecular flexibility index (Phi) is 4.71. The van der Waals surface area contributed by atoms with Crippen LogP contribution in [-0.2, 0) is 0 Å². The van der Waals surface area contributed by atoms with Crippen LogP contribution >= 0.6 is 11.8 Å². The van der Waals surface area contributed by atoms with E-state index in [0.29, 0.717) is 18.6 Å². The Morgan fingerprint density at radius 3 is 2.89 bits per heavy atom. The zero-order chi connectivity index (χ0) is 13.1. The lowest BCUT2D eigenvalue weighted by atomic mass is 9.95. The van der Waals surface area contributed by atoms with Crippen LogP contribution in [0, 0.1) is 13.8 Å². The summed E-state index contributed by atoms with van der Waals surface area (Å²) in [5, 5.41) is 0. The molecule has 2 nitrogen and oxygen atoms in total. The van der Waals surface area contributed by atoms with Crippen LogP contribution in [0.4, 0.5) is 0 Å². The average molecular weight is 264 g/mol. The van der Waals surface area contributed by atoms with E-state index in [4.69, 9.17) is 5.73 Å². The fourth-order valence-electron chi connectivity index (χ4n) is 2.78. The average Bonchev–Trinajstić information content (AvgIpc) is 2.37. The molecule has 100 valence electrons. The summed E-state index contributed by atoms with van der Waals surface area (Å²) >= 11 is 2.05. The van der Waals surface area contributed by atoms with Gasteiger partial charge in [0.2, 0.25) is 0 Å². The SMILES string of the molecule is Cc1cccc(C(CN)N2CCSCC2C)c1C. The first-order valence-electron chi connectivity index (χ1n) is 6.74. The number of nitrogens with two attached hydrogens (primary N) is 1. The molecule has 1 aliphatic rings. The minimum absolute atomic E-state index is 0.376. The van der Waals surface area contributed by atoms with Gasteiger partial charge in [-0.3, -0.25) is 4.90 Å². The first kappa shape index (κ1) is 13.9. The first-order chi connectivity index (χ1) is 8.65. The minimum atomic E-state index is 0.376. The fraction of sp³-hybridized carbons (Fsp3) is 0.600. The zero-order valence-corrected chi connectivity index (χ0v) is 12.5. The van der Waals surface area contributed by atoms with Crippen LogP contribution in [-0.4, -0.2) is 35.5 Å². The van der Waals surface area contributed by atoms with E-state index in [1.54, 1.807) is 0 Å². The van der Waals surface area contributed by atoms with E-state index >= 15 is 0 Å². The molecular weight excluding hydrogens is 240 g/mol. The predicted octanol–water partition coefficient (Wildman–Crippen LogP) is 2.74. The van der Waals surface area contributed by atoms with Crippen LogP contribution in [0.3, 0.4) is 0 Å². The Balaban J connectivity index is 2.29. The molecule has 0 radical (unpaired) electrons. The Labute approximate surface area is 115 Å². The van der Waals surface area contributed by atoms with Gasteiger partial charge < -0.3 is 5.73 Å². The van der Waals surface area contributed by atoms with Gasteiger partial charge in [0.25, 0.3) is 0 Å². The summed E-state index contributed by atoms with van der Waals surface area (Å²) in [6.07, 6.45) is 0. The van der Waals surface area contributed by atoms with Crippen molar-refractivity contribution < 1.29 is 0 Å². The van der Waals surface area contributed by atoms with Gasteiger partial charge in [-0.25, -0.2) is 0 Å². The molecule has 1 aromatic carbocycles. The summed E-state index contributed by atoms with van der Waals surface area (Å²) in [6.45, 7) is 8.58. The summed E-state index contributed by atoms with van der Waals surface area (Å²) in [5.41, 5.74) is 10.2. The third-order valence-electron chi connectivity index (χ3n) is 4.05. The van der Waals surface area contributed by atoms with E-state index in [9.17, 15) is 0 Å². The van der Waals surface area contributed by atoms with Gasteiger partial charge in [-0.1, -0.05) is 18.2 Å². The highest BCUT2D eigenvalue weighted by Gasteiger charge is 2.27. The molecule has 2 rings (SSSR count). The molecule has 2 atom stereocenters. The monoisotopic (exact) mass is 264 g/mol. The maximum Gasteiger partial charge on any atom is 0.0476 e. The Morgan fingerprint density at radius 1 is 1.44 bits per heavy atom. The summed E-state index contributed by atoms with van der Waals surface area (Å²) in [7, 11) is 0. The van der Waals surface area contributed by atoms with E-state index in [-0.39, 0.29) is 0 Å². The molecule has 1 fully saturated rings. The van der Waals surface area contributed by atoms with Gasteiger partial charge in [-0.2, -0.15) is 11.8 Å². The molecule has 3 heteroatoms. The molecule has 0 aliphatic carbocycles. The smallest absolute Gasteiger partial charge is 0.0476 e. The number of thioether (sulfide) groups is 1. The quantitative estimate of drug-likeness (QED) is 0.910. The highest BCUT2D eigenvalue weighted by Crippen LogP contribution is 2.29. The van der Waals surface area contributed by atoms with Crippen LogP contribution in [0.25, 0.3) is 0 Å². The number of rotatable bonds is 3. The largest absolute Gasteiger partial charge is 0.329 e.